The van der Waals surface area contributed by atoms with Crippen LogP contribution in [0.2, 0.25) is 0 Å². The summed E-state index contributed by atoms with van der Waals surface area (Å²) in [4.78, 5) is 13.0. The van der Waals surface area contributed by atoms with Crippen molar-refractivity contribution in [2.24, 2.45) is 0 Å². The molecule has 30 heavy (non-hydrogen) atoms. The first-order chi connectivity index (χ1) is 14.3. The monoisotopic (exact) mass is 422 g/mol. The van der Waals surface area contributed by atoms with Crippen LogP contribution < -0.4 is 9.62 Å². The van der Waals surface area contributed by atoms with Gasteiger partial charge in [-0.1, -0.05) is 66.7 Å². The van der Waals surface area contributed by atoms with Crippen LogP contribution in [-0.2, 0) is 14.8 Å². The lowest BCUT2D eigenvalue weighted by Gasteiger charge is -2.25. The second-order valence-corrected chi connectivity index (χ2v) is 9.27. The van der Waals surface area contributed by atoms with Gasteiger partial charge in [0, 0.05) is 0 Å². The highest BCUT2D eigenvalue weighted by Crippen LogP contribution is 2.23. The molecule has 156 valence electrons. The number of hydrogen-bond acceptors (Lipinski definition) is 3. The van der Waals surface area contributed by atoms with E-state index in [-0.39, 0.29) is 18.5 Å². The Balaban J connectivity index is 1.88. The van der Waals surface area contributed by atoms with E-state index in [1.165, 1.54) is 0 Å². The van der Waals surface area contributed by atoms with E-state index in [9.17, 15) is 13.2 Å². The van der Waals surface area contributed by atoms with E-state index in [4.69, 9.17) is 0 Å². The van der Waals surface area contributed by atoms with Crippen molar-refractivity contribution < 1.29 is 13.2 Å². The molecule has 0 atom stereocenters. The fraction of sp³-hybridized carbons (Fsp3) is 0.208. The van der Waals surface area contributed by atoms with Crippen LogP contribution in [0.5, 0.6) is 0 Å². The molecule has 0 aliphatic carbocycles. The second kappa shape index (κ2) is 9.13. The Kier molecular flexibility index (Phi) is 6.57. The van der Waals surface area contributed by atoms with E-state index in [1.807, 2.05) is 80.6 Å². The molecule has 0 saturated heterocycles. The van der Waals surface area contributed by atoms with Crippen LogP contribution in [-0.4, -0.2) is 27.1 Å². The summed E-state index contributed by atoms with van der Waals surface area (Å²) in [5, 5.41) is 3.00. The minimum atomic E-state index is -3.64. The van der Waals surface area contributed by atoms with Crippen LogP contribution in [0, 0.1) is 13.8 Å². The molecular formula is C24H26N2O3S. The van der Waals surface area contributed by atoms with Gasteiger partial charge in [-0.2, -0.15) is 0 Å². The van der Waals surface area contributed by atoms with E-state index in [0.717, 1.165) is 32.8 Å². The van der Waals surface area contributed by atoms with Gasteiger partial charge in [0.2, 0.25) is 15.9 Å². The van der Waals surface area contributed by atoms with Crippen LogP contribution in [0.4, 0.5) is 5.69 Å². The van der Waals surface area contributed by atoms with Gasteiger partial charge in [-0.25, -0.2) is 8.42 Å². The van der Waals surface area contributed by atoms with Crippen molar-refractivity contribution in [1.29, 1.82) is 0 Å². The molecule has 0 spiro atoms. The molecule has 0 heterocycles. The molecule has 0 aliphatic rings. The summed E-state index contributed by atoms with van der Waals surface area (Å²) in [5.41, 5.74) is 4.35. The van der Waals surface area contributed by atoms with Crippen molar-refractivity contribution in [3.05, 3.63) is 101 Å². The molecule has 0 radical (unpaired) electrons. The van der Waals surface area contributed by atoms with E-state index in [0.29, 0.717) is 5.69 Å². The smallest absolute Gasteiger partial charge is 0.241 e. The molecule has 0 fully saturated rings. The number of rotatable bonds is 7. The fourth-order valence-electron chi connectivity index (χ4n) is 3.27. The predicted molar refractivity (Wildman–Crippen MR) is 121 cm³/mol. The van der Waals surface area contributed by atoms with Crippen molar-refractivity contribution >= 4 is 21.6 Å². The van der Waals surface area contributed by atoms with E-state index < -0.39 is 10.0 Å². The van der Waals surface area contributed by atoms with Crippen molar-refractivity contribution in [2.75, 3.05) is 17.1 Å². The SMILES string of the molecule is Cc1ccc(N(CC(=O)NC(c2ccccc2)c2ccccc2)S(C)(=O)=O)cc1C. The normalized spacial score (nSPS) is 11.3. The third kappa shape index (κ3) is 5.27. The summed E-state index contributed by atoms with van der Waals surface area (Å²) in [5.74, 6) is -0.378. The largest absolute Gasteiger partial charge is 0.344 e. The van der Waals surface area contributed by atoms with Gasteiger partial charge in [0.25, 0.3) is 0 Å². The third-order valence-electron chi connectivity index (χ3n) is 5.04. The summed E-state index contributed by atoms with van der Waals surface area (Å²) >= 11 is 0. The van der Waals surface area contributed by atoms with Gasteiger partial charge < -0.3 is 5.32 Å². The molecule has 6 heteroatoms. The summed E-state index contributed by atoms with van der Waals surface area (Å²) in [7, 11) is -3.64. The number of anilines is 1. The molecular weight excluding hydrogens is 396 g/mol. The fourth-order valence-corrected chi connectivity index (χ4v) is 4.12. The number of nitrogens with zero attached hydrogens (tertiary/aromatic N) is 1. The Labute approximate surface area is 178 Å². The summed E-state index contributed by atoms with van der Waals surface area (Å²) in [6.45, 7) is 3.58. The topological polar surface area (TPSA) is 66.5 Å². The lowest BCUT2D eigenvalue weighted by molar-refractivity contribution is -0.120. The van der Waals surface area contributed by atoms with Crippen LogP contribution in [0.25, 0.3) is 0 Å². The quantitative estimate of drug-likeness (QED) is 0.626. The average molecular weight is 423 g/mol. The van der Waals surface area contributed by atoms with Gasteiger partial charge in [-0.3, -0.25) is 9.10 Å². The summed E-state index contributed by atoms with van der Waals surface area (Å²) in [6, 6.07) is 24.2. The Bertz CT molecular complexity index is 1070. The van der Waals surface area contributed by atoms with Gasteiger partial charge in [0.1, 0.15) is 6.54 Å². The summed E-state index contributed by atoms with van der Waals surface area (Å²) in [6.07, 6.45) is 1.11. The lowest BCUT2D eigenvalue weighted by Crippen LogP contribution is -2.41. The Morgan fingerprint density at radius 1 is 0.867 bits per heavy atom. The first-order valence-electron chi connectivity index (χ1n) is 9.70. The van der Waals surface area contributed by atoms with Crippen LogP contribution in [0.15, 0.2) is 78.9 Å². The third-order valence-corrected chi connectivity index (χ3v) is 6.18. The zero-order chi connectivity index (χ0) is 21.7. The maximum Gasteiger partial charge on any atom is 0.241 e. The number of amides is 1. The first-order valence-corrected chi connectivity index (χ1v) is 11.5. The number of aryl methyl sites for hydroxylation is 2. The molecule has 3 aromatic carbocycles. The number of nitrogens with one attached hydrogen (secondary N) is 1. The molecule has 1 amide bonds. The van der Waals surface area contributed by atoms with Gasteiger partial charge >= 0.3 is 0 Å². The van der Waals surface area contributed by atoms with Gasteiger partial charge in [0.15, 0.2) is 0 Å². The second-order valence-electron chi connectivity index (χ2n) is 7.36. The predicted octanol–water partition coefficient (Wildman–Crippen LogP) is 3.98. The Morgan fingerprint density at radius 3 is 1.87 bits per heavy atom. The first kappa shape index (κ1) is 21.6. The highest BCUT2D eigenvalue weighted by atomic mass is 32.2. The molecule has 3 aromatic rings. The molecule has 0 unspecified atom stereocenters. The van der Waals surface area contributed by atoms with Crippen molar-refractivity contribution in [1.82, 2.24) is 5.32 Å². The maximum atomic E-state index is 13.0. The van der Waals surface area contributed by atoms with Gasteiger partial charge in [-0.05, 0) is 48.2 Å². The average Bonchev–Trinajstić information content (AvgIpc) is 2.73. The van der Waals surface area contributed by atoms with Crippen LogP contribution in [0.1, 0.15) is 28.3 Å². The van der Waals surface area contributed by atoms with Crippen molar-refractivity contribution in [3.63, 3.8) is 0 Å². The zero-order valence-corrected chi connectivity index (χ0v) is 18.2. The minimum Gasteiger partial charge on any atom is -0.344 e. The highest BCUT2D eigenvalue weighted by molar-refractivity contribution is 7.92. The minimum absolute atomic E-state index is 0.294. The summed E-state index contributed by atoms with van der Waals surface area (Å²) < 4.78 is 26.0. The molecule has 0 aromatic heterocycles. The Hall–Kier alpha value is -3.12. The van der Waals surface area contributed by atoms with E-state index in [2.05, 4.69) is 5.32 Å². The van der Waals surface area contributed by atoms with Crippen LogP contribution in [0.3, 0.4) is 0 Å². The Morgan fingerprint density at radius 2 is 1.40 bits per heavy atom. The van der Waals surface area contributed by atoms with E-state index >= 15 is 0 Å². The standard InChI is InChI=1S/C24H26N2O3S/c1-18-14-15-22(16-19(18)2)26(30(3,28)29)17-23(27)25-24(20-10-6-4-7-11-20)21-12-8-5-9-13-21/h4-16,24H,17H2,1-3H3,(H,25,27). The zero-order valence-electron chi connectivity index (χ0n) is 17.4. The van der Waals surface area contributed by atoms with Crippen molar-refractivity contribution in [3.8, 4) is 0 Å². The number of sulfonamides is 1. The van der Waals surface area contributed by atoms with Crippen LogP contribution >= 0.6 is 0 Å². The number of benzene rings is 3. The lowest BCUT2D eigenvalue weighted by atomic mass is 9.99. The number of carbonyl (C=O) groups excluding carboxylic acids is 1. The highest BCUT2D eigenvalue weighted by Gasteiger charge is 2.24. The van der Waals surface area contributed by atoms with Gasteiger partial charge in [-0.15, -0.1) is 0 Å². The molecule has 0 bridgehead atoms. The molecule has 0 aliphatic heterocycles. The van der Waals surface area contributed by atoms with Crippen molar-refractivity contribution in [2.45, 2.75) is 19.9 Å². The molecule has 0 saturated carbocycles. The van der Waals surface area contributed by atoms with Gasteiger partial charge in [0.05, 0.1) is 18.0 Å². The maximum absolute atomic E-state index is 13.0. The molecule has 3 rings (SSSR count). The number of carbonyl (C=O) groups is 1. The van der Waals surface area contributed by atoms with E-state index in [1.54, 1.807) is 12.1 Å². The number of hydrogen-bond donors (Lipinski definition) is 1. The molecule has 1 N–H and O–H groups in total. The molecule has 5 nitrogen and oxygen atoms in total.